The topological polar surface area (TPSA) is 81.4 Å². The molecule has 0 atom stereocenters. The van der Waals surface area contributed by atoms with Gasteiger partial charge in [-0.2, -0.15) is 0 Å². The number of nitrogens with one attached hydrogen (secondary N) is 1. The van der Waals surface area contributed by atoms with E-state index in [0.717, 1.165) is 25.7 Å². The number of halogens is 1. The third-order valence-corrected chi connectivity index (χ3v) is 3.67. The second kappa shape index (κ2) is 6.74. The van der Waals surface area contributed by atoms with Crippen molar-refractivity contribution in [2.24, 2.45) is 0 Å². The summed E-state index contributed by atoms with van der Waals surface area (Å²) in [7, 11) is 0. The highest BCUT2D eigenvalue weighted by molar-refractivity contribution is 9.10. The quantitative estimate of drug-likeness (QED) is 0.650. The van der Waals surface area contributed by atoms with Crippen LogP contribution in [0.2, 0.25) is 0 Å². The highest BCUT2D eigenvalue weighted by Gasteiger charge is 2.18. The third kappa shape index (κ3) is 4.23. The van der Waals surface area contributed by atoms with Gasteiger partial charge in [0.1, 0.15) is 0 Å². The molecule has 1 aromatic carbocycles. The molecule has 0 aliphatic heterocycles. The third-order valence-electron chi connectivity index (χ3n) is 3.21. The van der Waals surface area contributed by atoms with Crippen LogP contribution in [0.5, 0.6) is 0 Å². The SMILES string of the molecule is Nc1cc(Br)cc(C(=O)OCC(=O)NC2CCCC2)c1. The van der Waals surface area contributed by atoms with Crippen LogP contribution in [0, 0.1) is 0 Å². The Morgan fingerprint density at radius 3 is 2.65 bits per heavy atom. The minimum Gasteiger partial charge on any atom is -0.452 e. The number of nitrogens with two attached hydrogens (primary N) is 1. The van der Waals surface area contributed by atoms with E-state index >= 15 is 0 Å². The van der Waals surface area contributed by atoms with Crippen LogP contribution in [0.1, 0.15) is 36.0 Å². The van der Waals surface area contributed by atoms with E-state index in [9.17, 15) is 9.59 Å². The van der Waals surface area contributed by atoms with E-state index in [-0.39, 0.29) is 18.6 Å². The van der Waals surface area contributed by atoms with Crippen LogP contribution in [-0.2, 0) is 9.53 Å². The molecule has 1 fully saturated rings. The van der Waals surface area contributed by atoms with Gasteiger partial charge in [0.05, 0.1) is 5.56 Å². The summed E-state index contributed by atoms with van der Waals surface area (Å²) in [4.78, 5) is 23.5. The van der Waals surface area contributed by atoms with E-state index in [1.165, 1.54) is 6.07 Å². The monoisotopic (exact) mass is 340 g/mol. The fraction of sp³-hybridized carbons (Fsp3) is 0.429. The van der Waals surface area contributed by atoms with Gasteiger partial charge in [-0.25, -0.2) is 4.79 Å². The molecular weight excluding hydrogens is 324 g/mol. The van der Waals surface area contributed by atoms with Crippen LogP contribution in [0.4, 0.5) is 5.69 Å². The molecule has 6 heteroatoms. The molecule has 0 unspecified atom stereocenters. The first kappa shape index (κ1) is 14.8. The Morgan fingerprint density at radius 2 is 2.00 bits per heavy atom. The van der Waals surface area contributed by atoms with Gasteiger partial charge >= 0.3 is 5.97 Å². The first-order valence-electron chi connectivity index (χ1n) is 6.57. The average molecular weight is 341 g/mol. The lowest BCUT2D eigenvalue weighted by Crippen LogP contribution is -2.35. The van der Waals surface area contributed by atoms with Crippen molar-refractivity contribution >= 4 is 33.5 Å². The Hall–Kier alpha value is -1.56. The summed E-state index contributed by atoms with van der Waals surface area (Å²) < 4.78 is 5.68. The highest BCUT2D eigenvalue weighted by Crippen LogP contribution is 2.18. The molecule has 0 radical (unpaired) electrons. The van der Waals surface area contributed by atoms with Gasteiger partial charge in [-0.3, -0.25) is 4.79 Å². The normalized spacial score (nSPS) is 15.1. The molecule has 0 bridgehead atoms. The highest BCUT2D eigenvalue weighted by atomic mass is 79.9. The Morgan fingerprint density at radius 1 is 1.30 bits per heavy atom. The molecule has 0 saturated heterocycles. The summed E-state index contributed by atoms with van der Waals surface area (Å²) in [6, 6.07) is 5.03. The van der Waals surface area contributed by atoms with Gasteiger partial charge in [0, 0.05) is 16.2 Å². The summed E-state index contributed by atoms with van der Waals surface area (Å²) in [6.45, 7) is -0.262. The lowest BCUT2D eigenvalue weighted by molar-refractivity contribution is -0.124. The number of amides is 1. The van der Waals surface area contributed by atoms with E-state index < -0.39 is 5.97 Å². The molecule has 108 valence electrons. The minimum absolute atomic E-state index is 0.225. The second-order valence-electron chi connectivity index (χ2n) is 4.90. The van der Waals surface area contributed by atoms with E-state index in [1.54, 1.807) is 12.1 Å². The van der Waals surface area contributed by atoms with Crippen molar-refractivity contribution in [2.75, 3.05) is 12.3 Å². The van der Waals surface area contributed by atoms with Crippen LogP contribution in [-0.4, -0.2) is 24.5 Å². The number of esters is 1. The fourth-order valence-corrected chi connectivity index (χ4v) is 2.80. The Kier molecular flexibility index (Phi) is 5.00. The number of nitrogen functional groups attached to an aromatic ring is 1. The van der Waals surface area contributed by atoms with E-state index in [4.69, 9.17) is 10.5 Å². The van der Waals surface area contributed by atoms with E-state index in [1.807, 2.05) is 0 Å². The van der Waals surface area contributed by atoms with Crippen LogP contribution in [0.3, 0.4) is 0 Å². The minimum atomic E-state index is -0.556. The van der Waals surface area contributed by atoms with Crippen molar-refractivity contribution in [1.29, 1.82) is 0 Å². The maximum atomic E-state index is 11.8. The lowest BCUT2D eigenvalue weighted by Gasteiger charge is -2.12. The molecule has 3 N–H and O–H groups in total. The van der Waals surface area contributed by atoms with Crippen LogP contribution in [0.15, 0.2) is 22.7 Å². The Bertz CT molecular complexity index is 493. The molecular formula is C14H17BrN2O3. The summed E-state index contributed by atoms with van der Waals surface area (Å²) >= 11 is 3.25. The average Bonchev–Trinajstić information content (AvgIpc) is 2.87. The molecule has 0 spiro atoms. The van der Waals surface area contributed by atoms with Crippen LogP contribution < -0.4 is 11.1 Å². The number of benzene rings is 1. The van der Waals surface area contributed by atoms with Gasteiger partial charge in [-0.15, -0.1) is 0 Å². The first-order valence-corrected chi connectivity index (χ1v) is 7.36. The van der Waals surface area contributed by atoms with Crippen molar-refractivity contribution in [1.82, 2.24) is 5.32 Å². The molecule has 1 saturated carbocycles. The molecule has 1 aliphatic rings. The predicted octanol–water partition coefficient (Wildman–Crippen LogP) is 2.25. The van der Waals surface area contributed by atoms with Crippen molar-refractivity contribution in [3.8, 4) is 0 Å². The van der Waals surface area contributed by atoms with Crippen LogP contribution in [0.25, 0.3) is 0 Å². The number of hydrogen-bond donors (Lipinski definition) is 2. The van der Waals surface area contributed by atoms with E-state index in [2.05, 4.69) is 21.2 Å². The molecule has 1 aromatic rings. The summed E-state index contributed by atoms with van der Waals surface area (Å²) in [6.07, 6.45) is 4.29. The Balaban J connectivity index is 1.83. The lowest BCUT2D eigenvalue weighted by atomic mass is 10.2. The standard InChI is InChI=1S/C14H17BrN2O3/c15-10-5-9(6-11(16)7-10)14(19)20-8-13(18)17-12-3-1-2-4-12/h5-7,12H,1-4,8,16H2,(H,17,18). The second-order valence-corrected chi connectivity index (χ2v) is 5.81. The largest absolute Gasteiger partial charge is 0.452 e. The molecule has 5 nitrogen and oxygen atoms in total. The Labute approximate surface area is 126 Å². The van der Waals surface area contributed by atoms with Gasteiger partial charge in [0.25, 0.3) is 5.91 Å². The fourth-order valence-electron chi connectivity index (χ4n) is 2.28. The smallest absolute Gasteiger partial charge is 0.338 e. The summed E-state index contributed by atoms with van der Waals surface area (Å²) in [5.74, 6) is -0.812. The van der Waals surface area contributed by atoms with Crippen molar-refractivity contribution in [3.05, 3.63) is 28.2 Å². The summed E-state index contributed by atoms with van der Waals surface area (Å²) in [5, 5.41) is 2.86. The van der Waals surface area contributed by atoms with Gasteiger partial charge < -0.3 is 15.8 Å². The number of anilines is 1. The van der Waals surface area contributed by atoms with Gasteiger partial charge in [-0.1, -0.05) is 28.8 Å². The molecule has 0 heterocycles. The maximum absolute atomic E-state index is 11.8. The molecule has 1 amide bonds. The predicted molar refractivity (Wildman–Crippen MR) is 79.2 cm³/mol. The zero-order chi connectivity index (χ0) is 14.5. The number of hydrogen-bond acceptors (Lipinski definition) is 4. The van der Waals surface area contributed by atoms with Crippen LogP contribution >= 0.6 is 15.9 Å². The van der Waals surface area contributed by atoms with Gasteiger partial charge in [-0.05, 0) is 31.0 Å². The maximum Gasteiger partial charge on any atom is 0.338 e. The zero-order valence-corrected chi connectivity index (χ0v) is 12.6. The molecule has 2 rings (SSSR count). The summed E-state index contributed by atoms with van der Waals surface area (Å²) in [5.41, 5.74) is 6.43. The van der Waals surface area contributed by atoms with Gasteiger partial charge in [0.2, 0.25) is 0 Å². The van der Waals surface area contributed by atoms with Crippen molar-refractivity contribution in [2.45, 2.75) is 31.7 Å². The van der Waals surface area contributed by atoms with Crippen molar-refractivity contribution < 1.29 is 14.3 Å². The molecule has 0 aromatic heterocycles. The first-order chi connectivity index (χ1) is 9.54. The number of rotatable bonds is 4. The molecule has 1 aliphatic carbocycles. The number of carbonyl (C=O) groups excluding carboxylic acids is 2. The number of ether oxygens (including phenoxy) is 1. The van der Waals surface area contributed by atoms with Gasteiger partial charge in [0.15, 0.2) is 6.61 Å². The van der Waals surface area contributed by atoms with Crippen molar-refractivity contribution in [3.63, 3.8) is 0 Å². The molecule has 20 heavy (non-hydrogen) atoms. The zero-order valence-electron chi connectivity index (χ0n) is 11.0. The number of carbonyl (C=O) groups is 2. The van der Waals surface area contributed by atoms with E-state index in [0.29, 0.717) is 15.7 Å².